The molecular formula is C14H14N2O4S2. The van der Waals surface area contributed by atoms with Crippen molar-refractivity contribution < 1.29 is 19.4 Å². The third kappa shape index (κ3) is 2.77. The lowest BCUT2D eigenvalue weighted by atomic mass is 10.2. The lowest BCUT2D eigenvalue weighted by molar-refractivity contribution is -0.147. The topological polar surface area (TPSA) is 79.7 Å². The average Bonchev–Trinajstić information content (AvgIpc) is 3.15. The van der Waals surface area contributed by atoms with E-state index in [9.17, 15) is 14.7 Å². The van der Waals surface area contributed by atoms with Crippen molar-refractivity contribution in [2.45, 2.75) is 13.0 Å². The molecule has 0 aliphatic carbocycles. The fraction of sp³-hybridized carbons (Fsp3) is 0.357. The molecule has 6 nitrogen and oxygen atoms in total. The quantitative estimate of drug-likeness (QED) is 0.927. The van der Waals surface area contributed by atoms with E-state index < -0.39 is 12.0 Å². The Labute approximate surface area is 135 Å². The molecule has 116 valence electrons. The number of carboxylic acid groups (broad SMARTS) is 1. The van der Waals surface area contributed by atoms with Crippen molar-refractivity contribution in [2.75, 3.05) is 19.8 Å². The van der Waals surface area contributed by atoms with Gasteiger partial charge in [-0.25, -0.2) is 9.78 Å². The number of thiazole rings is 1. The highest BCUT2D eigenvalue weighted by molar-refractivity contribution is 7.22. The first-order valence-corrected chi connectivity index (χ1v) is 8.40. The number of morpholine rings is 1. The molecule has 0 aromatic carbocycles. The zero-order valence-electron chi connectivity index (χ0n) is 11.8. The Morgan fingerprint density at radius 3 is 3.00 bits per heavy atom. The first-order valence-electron chi connectivity index (χ1n) is 6.70. The smallest absolute Gasteiger partial charge is 0.328 e. The summed E-state index contributed by atoms with van der Waals surface area (Å²) in [5.41, 5.74) is 0.633. The maximum absolute atomic E-state index is 12.7. The van der Waals surface area contributed by atoms with Gasteiger partial charge in [0.05, 0.1) is 23.8 Å². The highest BCUT2D eigenvalue weighted by Crippen LogP contribution is 2.32. The maximum atomic E-state index is 12.7. The SMILES string of the molecule is Cc1nc(-c2cccs2)sc1C(=O)N1CCOC[C@@H]1C(=O)O. The number of carbonyl (C=O) groups excluding carboxylic acids is 1. The molecule has 1 amide bonds. The lowest BCUT2D eigenvalue weighted by Crippen LogP contribution is -2.52. The van der Waals surface area contributed by atoms with E-state index >= 15 is 0 Å². The minimum atomic E-state index is -1.05. The second-order valence-electron chi connectivity index (χ2n) is 4.84. The molecular weight excluding hydrogens is 324 g/mol. The van der Waals surface area contributed by atoms with Crippen LogP contribution in [0.5, 0.6) is 0 Å². The molecule has 22 heavy (non-hydrogen) atoms. The van der Waals surface area contributed by atoms with Crippen molar-refractivity contribution in [3.63, 3.8) is 0 Å². The Balaban J connectivity index is 1.90. The van der Waals surface area contributed by atoms with Gasteiger partial charge >= 0.3 is 5.97 Å². The number of aliphatic carboxylic acids is 1. The molecule has 2 aromatic heterocycles. The second kappa shape index (κ2) is 6.15. The van der Waals surface area contributed by atoms with E-state index in [0.717, 1.165) is 9.88 Å². The van der Waals surface area contributed by atoms with E-state index in [1.165, 1.54) is 16.2 Å². The minimum Gasteiger partial charge on any atom is -0.480 e. The summed E-state index contributed by atoms with van der Waals surface area (Å²) in [4.78, 5) is 31.3. The molecule has 0 unspecified atom stereocenters. The van der Waals surface area contributed by atoms with Gasteiger partial charge in [0.25, 0.3) is 5.91 Å². The van der Waals surface area contributed by atoms with Gasteiger partial charge in [0.2, 0.25) is 0 Å². The molecule has 3 rings (SSSR count). The Morgan fingerprint density at radius 1 is 1.50 bits per heavy atom. The van der Waals surface area contributed by atoms with Gasteiger partial charge in [0, 0.05) is 6.54 Å². The van der Waals surface area contributed by atoms with Crippen LogP contribution in [0.25, 0.3) is 9.88 Å². The van der Waals surface area contributed by atoms with Crippen molar-refractivity contribution >= 4 is 34.6 Å². The van der Waals surface area contributed by atoms with Crippen LogP contribution in [0.3, 0.4) is 0 Å². The summed E-state index contributed by atoms with van der Waals surface area (Å²) in [6.07, 6.45) is 0. The van der Waals surface area contributed by atoms with Crippen LogP contribution >= 0.6 is 22.7 Å². The summed E-state index contributed by atoms with van der Waals surface area (Å²) in [7, 11) is 0. The van der Waals surface area contributed by atoms with Crippen LogP contribution in [0, 0.1) is 6.92 Å². The average molecular weight is 338 g/mol. The number of ether oxygens (including phenoxy) is 1. The Bertz CT molecular complexity index is 696. The summed E-state index contributed by atoms with van der Waals surface area (Å²) in [6.45, 7) is 2.43. The van der Waals surface area contributed by atoms with Crippen LogP contribution in [0.2, 0.25) is 0 Å². The fourth-order valence-corrected chi connectivity index (χ4v) is 4.10. The van der Waals surface area contributed by atoms with Gasteiger partial charge in [0.1, 0.15) is 9.88 Å². The molecule has 1 saturated heterocycles. The summed E-state index contributed by atoms with van der Waals surface area (Å²) >= 11 is 2.87. The minimum absolute atomic E-state index is 0.0245. The van der Waals surface area contributed by atoms with Crippen LogP contribution in [-0.4, -0.2) is 52.7 Å². The van der Waals surface area contributed by atoms with Gasteiger partial charge in [-0.1, -0.05) is 6.07 Å². The van der Waals surface area contributed by atoms with E-state index in [0.29, 0.717) is 17.2 Å². The number of thiophene rings is 1. The highest BCUT2D eigenvalue weighted by atomic mass is 32.1. The van der Waals surface area contributed by atoms with Gasteiger partial charge < -0.3 is 14.7 Å². The molecule has 1 atom stereocenters. The number of hydrogen-bond acceptors (Lipinski definition) is 6. The van der Waals surface area contributed by atoms with E-state index in [4.69, 9.17) is 4.74 Å². The number of amides is 1. The number of rotatable bonds is 3. The number of hydrogen-bond donors (Lipinski definition) is 1. The first-order chi connectivity index (χ1) is 10.6. The maximum Gasteiger partial charge on any atom is 0.328 e. The van der Waals surface area contributed by atoms with Crippen LogP contribution in [0.15, 0.2) is 17.5 Å². The normalized spacial score (nSPS) is 18.4. The zero-order valence-corrected chi connectivity index (χ0v) is 13.4. The van der Waals surface area contributed by atoms with Crippen molar-refractivity contribution in [3.8, 4) is 9.88 Å². The van der Waals surface area contributed by atoms with Crippen molar-refractivity contribution in [1.82, 2.24) is 9.88 Å². The summed E-state index contributed by atoms with van der Waals surface area (Å²) < 4.78 is 5.17. The van der Waals surface area contributed by atoms with E-state index in [1.807, 2.05) is 17.5 Å². The van der Waals surface area contributed by atoms with Crippen molar-refractivity contribution in [2.24, 2.45) is 0 Å². The molecule has 1 N–H and O–H groups in total. The monoisotopic (exact) mass is 338 g/mol. The standard InChI is InChI=1S/C14H14N2O4S2/c1-8-11(22-12(15-8)10-3-2-6-21-10)13(17)16-4-5-20-7-9(16)14(18)19/h2-3,6,9H,4-5,7H2,1H3,(H,18,19)/t9-/m1/s1. The predicted octanol–water partition coefficient (Wildman–Crippen LogP) is 2.11. The van der Waals surface area contributed by atoms with Gasteiger partial charge in [-0.2, -0.15) is 0 Å². The highest BCUT2D eigenvalue weighted by Gasteiger charge is 2.34. The van der Waals surface area contributed by atoms with Gasteiger partial charge in [-0.05, 0) is 18.4 Å². The molecule has 0 saturated carbocycles. The van der Waals surface area contributed by atoms with Crippen molar-refractivity contribution in [3.05, 3.63) is 28.1 Å². The third-order valence-corrected chi connectivity index (χ3v) is 5.58. The number of carboxylic acids is 1. The van der Waals surface area contributed by atoms with Crippen LogP contribution < -0.4 is 0 Å². The van der Waals surface area contributed by atoms with E-state index in [1.54, 1.807) is 18.3 Å². The van der Waals surface area contributed by atoms with Crippen LogP contribution in [-0.2, 0) is 9.53 Å². The molecule has 1 aliphatic heterocycles. The Kier molecular flexibility index (Phi) is 4.23. The molecule has 2 aromatic rings. The number of carbonyl (C=O) groups is 2. The van der Waals surface area contributed by atoms with Crippen LogP contribution in [0.4, 0.5) is 0 Å². The predicted molar refractivity (Wildman–Crippen MR) is 83.4 cm³/mol. The number of aryl methyl sites for hydroxylation is 1. The fourth-order valence-electron chi connectivity index (χ4n) is 2.28. The van der Waals surface area contributed by atoms with E-state index in [2.05, 4.69) is 4.98 Å². The van der Waals surface area contributed by atoms with Crippen LogP contribution in [0.1, 0.15) is 15.4 Å². The van der Waals surface area contributed by atoms with Gasteiger partial charge in [-0.15, -0.1) is 22.7 Å². The van der Waals surface area contributed by atoms with Gasteiger partial charge in [0.15, 0.2) is 6.04 Å². The lowest BCUT2D eigenvalue weighted by Gasteiger charge is -2.32. The Morgan fingerprint density at radius 2 is 2.32 bits per heavy atom. The number of aromatic nitrogens is 1. The Hall–Kier alpha value is -1.77. The number of nitrogens with zero attached hydrogens (tertiary/aromatic N) is 2. The van der Waals surface area contributed by atoms with E-state index in [-0.39, 0.29) is 19.1 Å². The second-order valence-corrected chi connectivity index (χ2v) is 6.79. The molecule has 3 heterocycles. The largest absolute Gasteiger partial charge is 0.480 e. The van der Waals surface area contributed by atoms with Gasteiger partial charge in [-0.3, -0.25) is 4.79 Å². The first kappa shape index (κ1) is 15.1. The molecule has 0 radical (unpaired) electrons. The zero-order chi connectivity index (χ0) is 15.7. The van der Waals surface area contributed by atoms with Crippen molar-refractivity contribution in [1.29, 1.82) is 0 Å². The third-order valence-electron chi connectivity index (χ3n) is 3.40. The molecule has 0 bridgehead atoms. The summed E-state index contributed by atoms with van der Waals surface area (Å²) in [5.74, 6) is -1.33. The molecule has 1 fully saturated rings. The molecule has 8 heteroatoms. The summed E-state index contributed by atoms with van der Waals surface area (Å²) in [6, 6.07) is 2.94. The molecule has 0 spiro atoms. The summed E-state index contributed by atoms with van der Waals surface area (Å²) in [5, 5.41) is 12.0. The molecule has 1 aliphatic rings.